The molecule has 0 atom stereocenters. The summed E-state index contributed by atoms with van der Waals surface area (Å²) in [6, 6.07) is 0. The number of halogens is 2. The summed E-state index contributed by atoms with van der Waals surface area (Å²) in [7, 11) is -4.73. The Morgan fingerprint density at radius 2 is 1.80 bits per heavy atom. The summed E-state index contributed by atoms with van der Waals surface area (Å²) in [5.74, 6) is -3.81. The maximum Gasteiger partial charge on any atom is 0.387 e. The van der Waals surface area contributed by atoms with Crippen molar-refractivity contribution < 1.29 is 26.2 Å². The van der Waals surface area contributed by atoms with Gasteiger partial charge in [0.15, 0.2) is 0 Å². The zero-order valence-electron chi connectivity index (χ0n) is 4.30. The molecule has 0 aromatic rings. The summed E-state index contributed by atoms with van der Waals surface area (Å²) >= 11 is 0. The van der Waals surface area contributed by atoms with Crippen LogP contribution in [0.1, 0.15) is 0 Å². The molecule has 4 nitrogen and oxygen atoms in total. The first-order valence-corrected chi connectivity index (χ1v) is 3.40. The molecular weight excluding hydrogens is 170 g/mol. The lowest BCUT2D eigenvalue weighted by atomic mass is 10.6. The maximum atomic E-state index is 11.9. The molecule has 1 aliphatic rings. The van der Waals surface area contributed by atoms with Gasteiger partial charge in [-0.1, -0.05) is 0 Å². The summed E-state index contributed by atoms with van der Waals surface area (Å²) in [5, 5.41) is -2.16. The quantitative estimate of drug-likeness (QED) is 0.479. The Bertz CT molecular complexity index is 313. The summed E-state index contributed by atoms with van der Waals surface area (Å²) in [4.78, 5) is 9.93. The third kappa shape index (κ3) is 0.783. The zero-order valence-corrected chi connectivity index (χ0v) is 5.11. The summed E-state index contributed by atoms with van der Waals surface area (Å²) in [5.41, 5.74) is 0. The van der Waals surface area contributed by atoms with Crippen LogP contribution in [0.4, 0.5) is 8.78 Å². The van der Waals surface area contributed by atoms with Crippen molar-refractivity contribution in [3.63, 3.8) is 0 Å². The molecular formula is C3F2O4S. The molecule has 56 valence electrons. The molecule has 1 rings (SSSR count). The average molecular weight is 170 g/mol. The number of carbonyl (C=O) groups is 1. The van der Waals surface area contributed by atoms with E-state index < -0.39 is 27.1 Å². The van der Waals surface area contributed by atoms with Gasteiger partial charge in [0.1, 0.15) is 0 Å². The summed E-state index contributed by atoms with van der Waals surface area (Å²) in [6.45, 7) is 0. The van der Waals surface area contributed by atoms with Gasteiger partial charge >= 0.3 is 16.1 Å². The lowest BCUT2D eigenvalue weighted by molar-refractivity contribution is -0.130. The molecule has 0 saturated heterocycles. The second-order valence-electron chi connectivity index (χ2n) is 1.41. The van der Waals surface area contributed by atoms with Gasteiger partial charge in [-0.05, 0) is 0 Å². The van der Waals surface area contributed by atoms with Gasteiger partial charge in [-0.3, -0.25) is 0 Å². The predicted octanol–water partition coefficient (Wildman–Crippen LogP) is -0.0189. The summed E-state index contributed by atoms with van der Waals surface area (Å²) < 4.78 is 47.2. The van der Waals surface area contributed by atoms with Crippen LogP contribution in [-0.4, -0.2) is 14.4 Å². The second-order valence-corrected chi connectivity index (χ2v) is 2.85. The van der Waals surface area contributed by atoms with E-state index in [1.165, 1.54) is 0 Å². The Labute approximate surface area is 54.2 Å². The lowest BCUT2D eigenvalue weighted by Gasteiger charge is -1.86. The molecule has 0 N–H and O–H groups in total. The van der Waals surface area contributed by atoms with Crippen LogP contribution in [-0.2, 0) is 19.1 Å². The van der Waals surface area contributed by atoms with Crippen molar-refractivity contribution in [2.24, 2.45) is 0 Å². The van der Waals surface area contributed by atoms with E-state index in [1.54, 1.807) is 0 Å². The molecule has 1 heterocycles. The average Bonchev–Trinajstić information content (AvgIpc) is 1.95. The molecule has 0 spiro atoms. The Morgan fingerprint density at radius 3 is 1.90 bits per heavy atom. The highest BCUT2D eigenvalue weighted by molar-refractivity contribution is 7.91. The first kappa shape index (κ1) is 7.13. The van der Waals surface area contributed by atoms with Gasteiger partial charge in [-0.15, -0.1) is 0 Å². The van der Waals surface area contributed by atoms with Gasteiger partial charge in [0.25, 0.3) is 11.0 Å². The van der Waals surface area contributed by atoms with Crippen LogP contribution in [0.3, 0.4) is 0 Å². The Hall–Kier alpha value is -0.980. The largest absolute Gasteiger partial charge is 0.387 e. The molecule has 10 heavy (non-hydrogen) atoms. The van der Waals surface area contributed by atoms with Crippen molar-refractivity contribution in [3.8, 4) is 0 Å². The van der Waals surface area contributed by atoms with E-state index in [1.807, 2.05) is 0 Å². The SMILES string of the molecule is O=C1OS(=O)(=O)C(F)=C1F. The minimum absolute atomic E-state index is 1.81. The number of hydrogen-bond donors (Lipinski definition) is 0. The van der Waals surface area contributed by atoms with Crippen molar-refractivity contribution in [3.05, 3.63) is 11.0 Å². The van der Waals surface area contributed by atoms with Crippen LogP contribution in [0.15, 0.2) is 11.0 Å². The fourth-order valence-electron chi connectivity index (χ4n) is 0.363. The van der Waals surface area contributed by atoms with Gasteiger partial charge < -0.3 is 4.18 Å². The van der Waals surface area contributed by atoms with Crippen molar-refractivity contribution in [2.45, 2.75) is 0 Å². The van der Waals surface area contributed by atoms with E-state index in [4.69, 9.17) is 0 Å². The molecule has 0 unspecified atom stereocenters. The smallest absolute Gasteiger partial charge is 0.334 e. The van der Waals surface area contributed by atoms with E-state index in [2.05, 4.69) is 4.18 Å². The predicted molar refractivity (Wildman–Crippen MR) is 24.3 cm³/mol. The monoisotopic (exact) mass is 170 g/mol. The van der Waals surface area contributed by atoms with E-state index >= 15 is 0 Å². The van der Waals surface area contributed by atoms with E-state index in [0.717, 1.165) is 0 Å². The van der Waals surface area contributed by atoms with Crippen LogP contribution in [0.25, 0.3) is 0 Å². The summed E-state index contributed by atoms with van der Waals surface area (Å²) in [6.07, 6.45) is 0. The molecule has 0 bridgehead atoms. The van der Waals surface area contributed by atoms with E-state index in [-0.39, 0.29) is 0 Å². The topological polar surface area (TPSA) is 60.4 Å². The zero-order chi connectivity index (χ0) is 7.94. The van der Waals surface area contributed by atoms with Gasteiger partial charge in [-0.25, -0.2) is 4.79 Å². The second kappa shape index (κ2) is 1.75. The van der Waals surface area contributed by atoms with E-state index in [0.29, 0.717) is 0 Å². The first-order chi connectivity index (χ1) is 4.45. The molecule has 0 amide bonds. The minimum atomic E-state index is -4.73. The fraction of sp³-hybridized carbons (Fsp3) is 0. The minimum Gasteiger partial charge on any atom is -0.334 e. The molecule has 7 heteroatoms. The maximum absolute atomic E-state index is 11.9. The van der Waals surface area contributed by atoms with Crippen LogP contribution in [0, 0.1) is 0 Å². The van der Waals surface area contributed by atoms with Crippen molar-refractivity contribution >= 4 is 16.1 Å². The lowest BCUT2D eigenvalue weighted by Crippen LogP contribution is -2.01. The van der Waals surface area contributed by atoms with E-state index in [9.17, 15) is 22.0 Å². The highest BCUT2D eigenvalue weighted by atomic mass is 32.2. The molecule has 0 aliphatic carbocycles. The van der Waals surface area contributed by atoms with Crippen LogP contribution in [0.5, 0.6) is 0 Å². The molecule has 0 fully saturated rings. The molecule has 0 aromatic heterocycles. The highest BCUT2D eigenvalue weighted by Crippen LogP contribution is 2.25. The molecule has 0 saturated carbocycles. The van der Waals surface area contributed by atoms with Crippen LogP contribution >= 0.6 is 0 Å². The molecule has 0 radical (unpaired) electrons. The Balaban J connectivity index is 3.33. The third-order valence-electron chi connectivity index (χ3n) is 0.757. The molecule has 1 aliphatic heterocycles. The Kier molecular flexibility index (Phi) is 1.25. The van der Waals surface area contributed by atoms with Crippen molar-refractivity contribution in [2.75, 3.05) is 0 Å². The normalized spacial score (nSPS) is 23.2. The van der Waals surface area contributed by atoms with Crippen LogP contribution < -0.4 is 0 Å². The Morgan fingerprint density at radius 1 is 1.30 bits per heavy atom. The van der Waals surface area contributed by atoms with Gasteiger partial charge in [0.05, 0.1) is 0 Å². The third-order valence-corrected chi connectivity index (χ3v) is 1.75. The van der Waals surface area contributed by atoms with Crippen LogP contribution in [0.2, 0.25) is 0 Å². The number of hydrogen-bond acceptors (Lipinski definition) is 4. The molecule has 0 aromatic carbocycles. The number of carbonyl (C=O) groups excluding carboxylic acids is 1. The number of rotatable bonds is 0. The van der Waals surface area contributed by atoms with Gasteiger partial charge in [0, 0.05) is 0 Å². The van der Waals surface area contributed by atoms with Gasteiger partial charge in [0.2, 0.25) is 0 Å². The first-order valence-electron chi connectivity index (χ1n) is 1.99. The van der Waals surface area contributed by atoms with Gasteiger partial charge in [-0.2, -0.15) is 17.2 Å². The van der Waals surface area contributed by atoms with Crippen molar-refractivity contribution in [1.82, 2.24) is 0 Å². The fourth-order valence-corrected chi connectivity index (χ4v) is 1.01. The standard InChI is InChI=1S/C3F2O4S/c4-1-2(5)10(7,8)9-3(1)6. The van der Waals surface area contributed by atoms with Crippen molar-refractivity contribution in [1.29, 1.82) is 0 Å². The highest BCUT2D eigenvalue weighted by Gasteiger charge is 2.40.